The molecule has 1 fully saturated rings. The number of carbonyl (C=O) groups excluding carboxylic acids is 1. The minimum Gasteiger partial charge on any atom is -0.468 e. The van der Waals surface area contributed by atoms with Gasteiger partial charge >= 0.3 is 5.97 Å². The molecule has 5 heteroatoms. The average Bonchev–Trinajstić information content (AvgIpc) is 2.29. The minimum atomic E-state index is -1.04. The predicted octanol–water partition coefficient (Wildman–Crippen LogP) is -0.514. The van der Waals surface area contributed by atoms with E-state index in [0.29, 0.717) is 0 Å². The van der Waals surface area contributed by atoms with E-state index in [-0.39, 0.29) is 19.8 Å². The third-order valence-electron chi connectivity index (χ3n) is 1.65. The fourth-order valence-corrected chi connectivity index (χ4v) is 0.995. The molecule has 1 aliphatic heterocycles. The van der Waals surface area contributed by atoms with E-state index in [4.69, 9.17) is 4.74 Å². The Morgan fingerprint density at radius 2 is 2.42 bits per heavy atom. The van der Waals surface area contributed by atoms with Crippen molar-refractivity contribution in [3.8, 4) is 0 Å². The van der Waals surface area contributed by atoms with Gasteiger partial charge in [0.15, 0.2) is 0 Å². The van der Waals surface area contributed by atoms with Crippen molar-refractivity contribution in [2.75, 3.05) is 26.9 Å². The second kappa shape index (κ2) is 4.37. The molecule has 0 aromatic heterocycles. The average molecular weight is 177 g/mol. The lowest BCUT2D eigenvalue weighted by atomic mass is 10.3. The van der Waals surface area contributed by atoms with Crippen molar-refractivity contribution in [1.82, 2.24) is 5.32 Å². The lowest BCUT2D eigenvalue weighted by Crippen LogP contribution is -2.41. The number of esters is 1. The fraction of sp³-hybridized carbons (Fsp3) is 0.857. The Labute approximate surface area is 70.0 Å². The van der Waals surface area contributed by atoms with Crippen LogP contribution in [0.1, 0.15) is 0 Å². The van der Waals surface area contributed by atoms with Crippen LogP contribution in [0.4, 0.5) is 4.39 Å². The van der Waals surface area contributed by atoms with Gasteiger partial charge in [0.2, 0.25) is 0 Å². The van der Waals surface area contributed by atoms with Crippen molar-refractivity contribution >= 4 is 5.97 Å². The largest absolute Gasteiger partial charge is 0.468 e. The normalized spacial score (nSPS) is 30.8. The van der Waals surface area contributed by atoms with Crippen molar-refractivity contribution < 1.29 is 18.7 Å². The van der Waals surface area contributed by atoms with Crippen LogP contribution in [0.25, 0.3) is 0 Å². The Hall–Kier alpha value is -0.680. The van der Waals surface area contributed by atoms with Gasteiger partial charge in [0.1, 0.15) is 12.2 Å². The Balaban J connectivity index is 2.40. The molecule has 0 aromatic carbocycles. The van der Waals surface area contributed by atoms with Crippen LogP contribution >= 0.6 is 0 Å². The first-order chi connectivity index (χ1) is 5.74. The summed E-state index contributed by atoms with van der Waals surface area (Å²) in [6.07, 6.45) is -1.04. The number of halogens is 1. The van der Waals surface area contributed by atoms with Gasteiger partial charge in [0.25, 0.3) is 0 Å². The number of methoxy groups -OCH3 is 1. The number of ether oxygens (including phenoxy) is 2. The molecule has 0 spiro atoms. The number of nitrogens with one attached hydrogen (secondary N) is 1. The first kappa shape index (κ1) is 9.41. The molecule has 70 valence electrons. The molecular formula is C7H12FNO3. The first-order valence-electron chi connectivity index (χ1n) is 3.77. The zero-order valence-electron chi connectivity index (χ0n) is 6.88. The van der Waals surface area contributed by atoms with Gasteiger partial charge in [-0.3, -0.25) is 10.1 Å². The third kappa shape index (κ3) is 2.42. The molecule has 1 heterocycles. The maximum absolute atomic E-state index is 12.6. The summed E-state index contributed by atoms with van der Waals surface area (Å²) in [5, 5.41) is 2.71. The van der Waals surface area contributed by atoms with Crippen LogP contribution in [0.5, 0.6) is 0 Å². The molecular weight excluding hydrogens is 165 g/mol. The van der Waals surface area contributed by atoms with Crippen LogP contribution in [0.3, 0.4) is 0 Å². The molecule has 1 N–H and O–H groups in total. The lowest BCUT2D eigenvalue weighted by Gasteiger charge is -2.11. The predicted molar refractivity (Wildman–Crippen MR) is 39.5 cm³/mol. The highest BCUT2D eigenvalue weighted by atomic mass is 19.1. The van der Waals surface area contributed by atoms with Gasteiger partial charge in [-0.15, -0.1) is 0 Å². The van der Waals surface area contributed by atoms with E-state index in [2.05, 4.69) is 10.1 Å². The van der Waals surface area contributed by atoms with Crippen molar-refractivity contribution in [3.63, 3.8) is 0 Å². The lowest BCUT2D eigenvalue weighted by molar-refractivity contribution is -0.144. The SMILES string of the molecule is COC(=O)C1COCC(F)CN1. The van der Waals surface area contributed by atoms with Gasteiger partial charge in [-0.2, -0.15) is 0 Å². The molecule has 0 saturated carbocycles. The Kier molecular flexibility index (Phi) is 3.43. The van der Waals surface area contributed by atoms with E-state index in [1.165, 1.54) is 7.11 Å². The number of rotatable bonds is 1. The van der Waals surface area contributed by atoms with Gasteiger partial charge in [-0.25, -0.2) is 4.39 Å². The molecule has 0 aliphatic carbocycles. The molecule has 0 radical (unpaired) electrons. The minimum absolute atomic E-state index is 0.0422. The highest BCUT2D eigenvalue weighted by Gasteiger charge is 2.23. The molecule has 0 amide bonds. The van der Waals surface area contributed by atoms with Crippen molar-refractivity contribution in [2.24, 2.45) is 0 Å². The van der Waals surface area contributed by atoms with Gasteiger partial charge in [-0.1, -0.05) is 0 Å². The fourth-order valence-electron chi connectivity index (χ4n) is 0.995. The number of hydrogen-bond acceptors (Lipinski definition) is 4. The van der Waals surface area contributed by atoms with Gasteiger partial charge in [0.05, 0.1) is 20.3 Å². The Morgan fingerprint density at radius 3 is 3.08 bits per heavy atom. The van der Waals surface area contributed by atoms with Gasteiger partial charge in [0, 0.05) is 6.54 Å². The maximum atomic E-state index is 12.6. The highest BCUT2D eigenvalue weighted by molar-refractivity contribution is 5.75. The quantitative estimate of drug-likeness (QED) is 0.548. The van der Waals surface area contributed by atoms with E-state index in [1.54, 1.807) is 0 Å². The summed E-state index contributed by atoms with van der Waals surface area (Å²) in [7, 11) is 1.29. The summed E-state index contributed by atoms with van der Waals surface area (Å²) >= 11 is 0. The standard InChI is InChI=1S/C7H12FNO3/c1-11-7(10)6-4-12-3-5(8)2-9-6/h5-6,9H,2-4H2,1H3. The Morgan fingerprint density at radius 1 is 1.67 bits per heavy atom. The first-order valence-corrected chi connectivity index (χ1v) is 3.77. The highest BCUT2D eigenvalue weighted by Crippen LogP contribution is 2.00. The van der Waals surface area contributed by atoms with E-state index in [0.717, 1.165) is 0 Å². The van der Waals surface area contributed by atoms with E-state index in [9.17, 15) is 9.18 Å². The summed E-state index contributed by atoms with van der Waals surface area (Å²) in [6, 6.07) is -0.532. The van der Waals surface area contributed by atoms with Crippen LogP contribution in [-0.4, -0.2) is 45.1 Å². The summed E-state index contributed by atoms with van der Waals surface area (Å²) in [5.74, 6) is -0.413. The third-order valence-corrected chi connectivity index (χ3v) is 1.65. The van der Waals surface area contributed by atoms with Gasteiger partial charge < -0.3 is 9.47 Å². The van der Waals surface area contributed by atoms with E-state index in [1.807, 2.05) is 0 Å². The molecule has 2 unspecified atom stereocenters. The van der Waals surface area contributed by atoms with Crippen molar-refractivity contribution in [2.45, 2.75) is 12.2 Å². The van der Waals surface area contributed by atoms with Gasteiger partial charge in [-0.05, 0) is 0 Å². The molecule has 4 nitrogen and oxygen atoms in total. The molecule has 12 heavy (non-hydrogen) atoms. The van der Waals surface area contributed by atoms with E-state index < -0.39 is 18.2 Å². The van der Waals surface area contributed by atoms with Crippen LogP contribution in [0.15, 0.2) is 0 Å². The second-order valence-corrected chi connectivity index (χ2v) is 2.62. The second-order valence-electron chi connectivity index (χ2n) is 2.62. The summed E-state index contributed by atoms with van der Waals surface area (Å²) in [4.78, 5) is 10.9. The summed E-state index contributed by atoms with van der Waals surface area (Å²) < 4.78 is 22.0. The molecule has 1 saturated heterocycles. The molecule has 0 aromatic rings. The number of hydrogen-bond donors (Lipinski definition) is 1. The maximum Gasteiger partial charge on any atom is 0.325 e. The topological polar surface area (TPSA) is 47.6 Å². The van der Waals surface area contributed by atoms with Crippen molar-refractivity contribution in [1.29, 1.82) is 0 Å². The molecule has 0 bridgehead atoms. The summed E-state index contributed by atoms with van der Waals surface area (Å²) in [6.45, 7) is 0.355. The zero-order valence-corrected chi connectivity index (χ0v) is 6.88. The smallest absolute Gasteiger partial charge is 0.325 e. The zero-order chi connectivity index (χ0) is 8.97. The summed E-state index contributed by atoms with van der Waals surface area (Å²) in [5.41, 5.74) is 0. The van der Waals surface area contributed by atoms with Crippen LogP contribution < -0.4 is 5.32 Å². The van der Waals surface area contributed by atoms with Crippen LogP contribution in [-0.2, 0) is 14.3 Å². The Bertz CT molecular complexity index is 165. The molecule has 1 rings (SSSR count). The van der Waals surface area contributed by atoms with Crippen molar-refractivity contribution in [3.05, 3.63) is 0 Å². The van der Waals surface area contributed by atoms with Crippen LogP contribution in [0.2, 0.25) is 0 Å². The molecule has 2 atom stereocenters. The number of carbonyl (C=O) groups is 1. The molecule has 1 aliphatic rings. The van der Waals surface area contributed by atoms with Crippen LogP contribution in [0, 0.1) is 0 Å². The van der Waals surface area contributed by atoms with E-state index >= 15 is 0 Å². The monoisotopic (exact) mass is 177 g/mol. The number of alkyl halides is 1.